The number of hydrogen-bond donors (Lipinski definition) is 0. The maximum absolute atomic E-state index is 13.7. The van der Waals surface area contributed by atoms with Crippen LogP contribution >= 0.6 is 0 Å². The largest absolute Gasteiger partial charge is 0.207 e. The number of rotatable bonds is 1. The van der Waals surface area contributed by atoms with E-state index in [9.17, 15) is 8.78 Å². The van der Waals surface area contributed by atoms with E-state index in [0.29, 0.717) is 11.1 Å². The van der Waals surface area contributed by atoms with Crippen molar-refractivity contribution in [2.24, 2.45) is 0 Å². The monoisotopic (exact) mass is 217 g/mol. The Hall–Kier alpha value is -1.70. The molecular weight excluding hydrogens is 206 g/mol. The molecule has 0 bridgehead atoms. The lowest BCUT2D eigenvalue weighted by Crippen LogP contribution is -1.92. The molecule has 0 unspecified atom stereocenters. The van der Waals surface area contributed by atoms with Gasteiger partial charge in [-0.1, -0.05) is 18.2 Å². The van der Waals surface area contributed by atoms with Crippen molar-refractivity contribution in [3.05, 3.63) is 59.2 Å². The number of hydrogen-bond acceptors (Lipinski definition) is 0. The number of benzene rings is 2. The molecule has 0 aliphatic carbocycles. The zero-order valence-electron chi connectivity index (χ0n) is 9.14. The molecule has 0 spiro atoms. The molecule has 0 N–H and O–H groups in total. The summed E-state index contributed by atoms with van der Waals surface area (Å²) < 4.78 is 26.6. The van der Waals surface area contributed by atoms with E-state index in [0.717, 1.165) is 11.1 Å². The first-order valence-corrected chi connectivity index (χ1v) is 5.03. The van der Waals surface area contributed by atoms with Gasteiger partial charge in [0.1, 0.15) is 11.6 Å². The lowest BCUT2D eigenvalue weighted by atomic mass is 9.96. The standard InChI is InChI=1S/C14H11F2/c1-9-4-3-5-13(16)14(9)12-7-6-11(15)8-10(12)2/h3-4,6-8H,1-2H3. The van der Waals surface area contributed by atoms with Crippen molar-refractivity contribution in [2.45, 2.75) is 13.8 Å². The second-order valence-electron chi connectivity index (χ2n) is 3.81. The van der Waals surface area contributed by atoms with Crippen LogP contribution in [-0.4, -0.2) is 0 Å². The summed E-state index contributed by atoms with van der Waals surface area (Å²) in [6.45, 7) is 3.60. The van der Waals surface area contributed by atoms with E-state index in [4.69, 9.17) is 0 Å². The minimum absolute atomic E-state index is 0.306. The Balaban J connectivity index is 2.68. The Bertz CT molecular complexity index is 510. The fourth-order valence-corrected chi connectivity index (χ4v) is 1.81. The van der Waals surface area contributed by atoms with Crippen molar-refractivity contribution >= 4 is 0 Å². The summed E-state index contributed by atoms with van der Waals surface area (Å²) in [5, 5.41) is 0. The Morgan fingerprint density at radius 3 is 2.38 bits per heavy atom. The topological polar surface area (TPSA) is 0 Å². The molecule has 2 heteroatoms. The van der Waals surface area contributed by atoms with Crippen LogP contribution in [0.4, 0.5) is 8.78 Å². The highest BCUT2D eigenvalue weighted by atomic mass is 19.1. The van der Waals surface area contributed by atoms with E-state index >= 15 is 0 Å². The van der Waals surface area contributed by atoms with Crippen LogP contribution in [0.1, 0.15) is 11.1 Å². The van der Waals surface area contributed by atoms with Gasteiger partial charge >= 0.3 is 0 Å². The molecule has 0 saturated carbocycles. The number of aryl methyl sites for hydroxylation is 2. The fourth-order valence-electron chi connectivity index (χ4n) is 1.81. The predicted octanol–water partition coefficient (Wildman–Crippen LogP) is 4.05. The summed E-state index contributed by atoms with van der Waals surface area (Å²) in [6, 6.07) is 10.2. The zero-order valence-corrected chi connectivity index (χ0v) is 9.14. The average Bonchev–Trinajstić information content (AvgIpc) is 2.20. The van der Waals surface area contributed by atoms with Crippen molar-refractivity contribution < 1.29 is 8.78 Å². The van der Waals surface area contributed by atoms with Crippen LogP contribution in [0.15, 0.2) is 30.3 Å². The summed E-state index contributed by atoms with van der Waals surface area (Å²) in [7, 11) is 0. The lowest BCUT2D eigenvalue weighted by molar-refractivity contribution is 0.623. The quantitative estimate of drug-likeness (QED) is 0.676. The molecule has 0 fully saturated rings. The van der Waals surface area contributed by atoms with E-state index in [2.05, 4.69) is 6.07 Å². The second-order valence-corrected chi connectivity index (χ2v) is 3.81. The zero-order chi connectivity index (χ0) is 11.7. The van der Waals surface area contributed by atoms with Gasteiger partial charge in [-0.2, -0.15) is 0 Å². The SMILES string of the molecule is Cc1cc(F)ccc1-c1c(F)[c]ccc1C. The molecule has 0 aliphatic rings. The van der Waals surface area contributed by atoms with Crippen LogP contribution in [0.2, 0.25) is 0 Å². The fraction of sp³-hybridized carbons (Fsp3) is 0.143. The maximum Gasteiger partial charge on any atom is 0.139 e. The van der Waals surface area contributed by atoms with Gasteiger partial charge in [0.25, 0.3) is 0 Å². The highest BCUT2D eigenvalue weighted by molar-refractivity contribution is 5.70. The minimum atomic E-state index is -0.394. The molecule has 2 aromatic carbocycles. The molecule has 16 heavy (non-hydrogen) atoms. The smallest absolute Gasteiger partial charge is 0.139 e. The van der Waals surface area contributed by atoms with Gasteiger partial charge in [0.15, 0.2) is 0 Å². The third kappa shape index (κ3) is 1.83. The van der Waals surface area contributed by atoms with E-state index in [1.807, 2.05) is 6.92 Å². The van der Waals surface area contributed by atoms with Crippen molar-refractivity contribution in [3.8, 4) is 11.1 Å². The third-order valence-electron chi connectivity index (χ3n) is 2.62. The summed E-state index contributed by atoms with van der Waals surface area (Å²) in [5.41, 5.74) is 2.76. The molecule has 2 rings (SSSR count). The first-order valence-electron chi connectivity index (χ1n) is 5.03. The average molecular weight is 217 g/mol. The maximum atomic E-state index is 13.7. The molecule has 81 valence electrons. The van der Waals surface area contributed by atoms with Gasteiger partial charge in [0, 0.05) is 11.6 Å². The van der Waals surface area contributed by atoms with Crippen molar-refractivity contribution in [3.63, 3.8) is 0 Å². The van der Waals surface area contributed by atoms with E-state index in [1.165, 1.54) is 12.1 Å². The molecule has 0 atom stereocenters. The van der Waals surface area contributed by atoms with Crippen molar-refractivity contribution in [1.82, 2.24) is 0 Å². The molecule has 0 aliphatic heterocycles. The summed E-state index contributed by atoms with van der Waals surface area (Å²) >= 11 is 0. The molecule has 0 amide bonds. The minimum Gasteiger partial charge on any atom is -0.207 e. The number of halogens is 2. The van der Waals surface area contributed by atoms with Gasteiger partial charge in [0.2, 0.25) is 0 Å². The first-order chi connectivity index (χ1) is 7.59. The highest BCUT2D eigenvalue weighted by Crippen LogP contribution is 2.29. The van der Waals surface area contributed by atoms with Crippen LogP contribution < -0.4 is 0 Å². The molecule has 0 nitrogen and oxygen atoms in total. The predicted molar refractivity (Wildman–Crippen MR) is 60.1 cm³/mol. The van der Waals surface area contributed by atoms with Gasteiger partial charge in [-0.25, -0.2) is 8.78 Å². The van der Waals surface area contributed by atoms with E-state index in [-0.39, 0.29) is 5.82 Å². The third-order valence-corrected chi connectivity index (χ3v) is 2.62. The Morgan fingerprint density at radius 2 is 1.75 bits per heavy atom. The molecule has 0 heterocycles. The van der Waals surface area contributed by atoms with Gasteiger partial charge in [-0.15, -0.1) is 0 Å². The molecule has 2 aromatic rings. The summed E-state index contributed by atoms with van der Waals surface area (Å²) in [6.07, 6.45) is 0. The normalized spacial score (nSPS) is 10.5. The summed E-state index contributed by atoms with van der Waals surface area (Å²) in [4.78, 5) is 0. The molecular formula is C14H11F2. The Labute approximate surface area is 93.5 Å². The van der Waals surface area contributed by atoms with Gasteiger partial charge in [-0.3, -0.25) is 0 Å². The highest BCUT2D eigenvalue weighted by Gasteiger charge is 2.10. The van der Waals surface area contributed by atoms with Crippen molar-refractivity contribution in [2.75, 3.05) is 0 Å². The molecule has 0 saturated heterocycles. The van der Waals surface area contributed by atoms with Gasteiger partial charge < -0.3 is 0 Å². The van der Waals surface area contributed by atoms with Crippen LogP contribution in [0.5, 0.6) is 0 Å². The molecule has 1 radical (unpaired) electrons. The Kier molecular flexibility index (Phi) is 2.73. The molecule has 0 aromatic heterocycles. The van der Waals surface area contributed by atoms with Gasteiger partial charge in [-0.05, 0) is 42.7 Å². The van der Waals surface area contributed by atoms with E-state index < -0.39 is 5.82 Å². The summed E-state index contributed by atoms with van der Waals surface area (Å²) in [5.74, 6) is -0.700. The van der Waals surface area contributed by atoms with Crippen LogP contribution in [0, 0.1) is 31.5 Å². The Morgan fingerprint density at radius 1 is 1.00 bits per heavy atom. The lowest BCUT2D eigenvalue weighted by Gasteiger charge is -2.10. The van der Waals surface area contributed by atoms with Gasteiger partial charge in [0.05, 0.1) is 0 Å². The van der Waals surface area contributed by atoms with Crippen LogP contribution in [0.3, 0.4) is 0 Å². The van der Waals surface area contributed by atoms with Crippen LogP contribution in [0.25, 0.3) is 11.1 Å². The first kappa shape index (κ1) is 10.8. The van der Waals surface area contributed by atoms with Crippen molar-refractivity contribution in [1.29, 1.82) is 0 Å². The van der Waals surface area contributed by atoms with Crippen LogP contribution in [-0.2, 0) is 0 Å². The van der Waals surface area contributed by atoms with E-state index in [1.54, 1.807) is 25.1 Å². The second kappa shape index (κ2) is 4.05.